The van der Waals surface area contributed by atoms with Crippen LogP contribution in [0.4, 0.5) is 0 Å². The fraction of sp³-hybridized carbons (Fsp3) is 0. The first-order chi connectivity index (χ1) is 6.93. The largest absolute Gasteiger partial charge is 2.00 e. The molecule has 21 heavy (non-hydrogen) atoms. The van der Waals surface area contributed by atoms with Crippen molar-refractivity contribution in [1.82, 2.24) is 0 Å². The van der Waals surface area contributed by atoms with Crippen LogP contribution in [0.3, 0.4) is 0 Å². The minimum absolute atomic E-state index is 0. The monoisotopic (exact) mass is 438 g/mol. The van der Waals surface area contributed by atoms with E-state index in [0.717, 1.165) is 0 Å². The van der Waals surface area contributed by atoms with Crippen molar-refractivity contribution in [3.05, 3.63) is 0 Å². The maximum atomic E-state index is 8.64. The van der Waals surface area contributed by atoms with E-state index >= 15 is 0 Å². The van der Waals surface area contributed by atoms with Crippen molar-refractivity contribution in [2.75, 3.05) is 0 Å². The summed E-state index contributed by atoms with van der Waals surface area (Å²) in [6.45, 7) is 0. The van der Waals surface area contributed by atoms with Crippen LogP contribution < -0.4 is 50.2 Å². The molecule has 0 saturated carbocycles. The molecular formula is H2B4Ca5O12. The Labute approximate surface area is 271 Å². The molecule has 0 amide bonds. The standard InChI is InChI=1S/BH2O3.3BO3.5Ca/c4*2-1(3)4;;;;;/h2-3H;;;;;;;;/q-1;3*-3;5*+2. The number of rotatable bonds is 0. The summed E-state index contributed by atoms with van der Waals surface area (Å²) in [6.07, 6.45) is 0. The molecule has 0 radical (unpaired) electrons. The molecule has 0 aromatic carbocycles. The minimum atomic E-state index is -2.92. The Kier molecular flexibility index (Phi) is 135. The third kappa shape index (κ3) is 409. The molecule has 0 saturated heterocycles. The first kappa shape index (κ1) is 56.3. The Morgan fingerprint density at radius 1 is 0.381 bits per heavy atom. The van der Waals surface area contributed by atoms with Gasteiger partial charge in [-0.2, -0.15) is 0 Å². The van der Waals surface area contributed by atoms with Gasteiger partial charge in [-0.1, -0.05) is 0 Å². The molecular weight excluding hydrogens is 436 g/mol. The van der Waals surface area contributed by atoms with Crippen LogP contribution in [0.5, 0.6) is 0 Å². The van der Waals surface area contributed by atoms with E-state index in [2.05, 4.69) is 0 Å². The molecule has 0 rings (SSSR count). The summed E-state index contributed by atoms with van der Waals surface area (Å²) >= 11 is 0. The van der Waals surface area contributed by atoms with Crippen LogP contribution in [-0.4, -0.2) is 228 Å². The Balaban J connectivity index is -0.0000000121. The molecule has 0 aliphatic rings. The molecule has 0 aliphatic carbocycles. The molecule has 0 aromatic heterocycles. The van der Waals surface area contributed by atoms with Gasteiger partial charge in [0.1, 0.15) is 0 Å². The van der Waals surface area contributed by atoms with Gasteiger partial charge in [-0.25, -0.2) is 0 Å². The average molecular weight is 438 g/mol. The van der Waals surface area contributed by atoms with E-state index in [1.807, 2.05) is 0 Å². The molecule has 96 valence electrons. The summed E-state index contributed by atoms with van der Waals surface area (Å²) in [7, 11) is -11.2. The second-order valence-corrected chi connectivity index (χ2v) is 1.19. The van der Waals surface area contributed by atoms with Crippen molar-refractivity contribution in [2.24, 2.45) is 0 Å². The van der Waals surface area contributed by atoms with Gasteiger partial charge < -0.3 is 60.3 Å². The molecule has 0 fully saturated rings. The number of hydrogen-bond donors (Lipinski definition) is 2. The third-order valence-corrected chi connectivity index (χ3v) is 0. The fourth-order valence-corrected chi connectivity index (χ4v) is 0. The van der Waals surface area contributed by atoms with E-state index in [0.29, 0.717) is 0 Å². The normalized spacial score (nSPS) is 5.14. The Hall–Kier alpha value is 6.08. The van der Waals surface area contributed by atoms with Crippen molar-refractivity contribution in [3.63, 3.8) is 0 Å². The van der Waals surface area contributed by atoms with Gasteiger partial charge in [0.25, 0.3) is 0 Å². The second-order valence-electron chi connectivity index (χ2n) is 1.19. The number of hydrogen-bond acceptors (Lipinski definition) is 12. The Morgan fingerprint density at radius 2 is 0.381 bits per heavy atom. The zero-order valence-electron chi connectivity index (χ0n) is 10.8. The maximum absolute atomic E-state index is 8.64. The van der Waals surface area contributed by atoms with E-state index in [1.165, 1.54) is 0 Å². The van der Waals surface area contributed by atoms with Crippen molar-refractivity contribution < 1.29 is 60.3 Å². The van der Waals surface area contributed by atoms with E-state index in [1.54, 1.807) is 0 Å². The zero-order valence-corrected chi connectivity index (χ0v) is 21.9. The van der Waals surface area contributed by atoms with Crippen molar-refractivity contribution >= 4 is 218 Å². The molecule has 0 aromatic rings. The van der Waals surface area contributed by atoms with Crippen molar-refractivity contribution in [3.8, 4) is 0 Å². The molecule has 0 unspecified atom stereocenters. The van der Waals surface area contributed by atoms with Crippen LogP contribution in [0.1, 0.15) is 0 Å². The summed E-state index contributed by atoms with van der Waals surface area (Å²) in [5.74, 6) is 0. The molecule has 0 atom stereocenters. The SMILES string of the molecule is [Ca+2].[Ca+2].[Ca+2].[Ca+2].[Ca+2].[O-]B(O)O.[O-]B([O-])[O-].[O-]B([O-])[O-].[O-]B([O-])[O-]. The van der Waals surface area contributed by atoms with Crippen molar-refractivity contribution in [1.29, 1.82) is 0 Å². The van der Waals surface area contributed by atoms with Crippen LogP contribution in [0, 0.1) is 0 Å². The summed E-state index contributed by atoms with van der Waals surface area (Å²) in [5.41, 5.74) is 0. The van der Waals surface area contributed by atoms with Gasteiger partial charge in [-0.3, -0.25) is 22.0 Å². The molecule has 0 spiro atoms. The van der Waals surface area contributed by atoms with E-state index in [4.69, 9.17) is 60.3 Å². The van der Waals surface area contributed by atoms with Crippen LogP contribution >= 0.6 is 0 Å². The van der Waals surface area contributed by atoms with Gasteiger partial charge in [-0.15, -0.1) is 0 Å². The quantitative estimate of drug-likeness (QED) is 0.334. The second kappa shape index (κ2) is 50.2. The smallest absolute Gasteiger partial charge is 0.907 e. The van der Waals surface area contributed by atoms with E-state index in [-0.39, 0.29) is 189 Å². The molecule has 21 heteroatoms. The van der Waals surface area contributed by atoms with Crippen LogP contribution in [0.15, 0.2) is 0 Å². The third-order valence-electron chi connectivity index (χ3n) is 0. The predicted octanol–water partition coefficient (Wildman–Crippen LogP) is -16.4. The fourth-order valence-electron chi connectivity index (χ4n) is 0. The first-order valence-electron chi connectivity index (χ1n) is 2.87. The van der Waals surface area contributed by atoms with E-state index < -0.39 is 29.3 Å². The molecule has 0 bridgehead atoms. The summed E-state index contributed by atoms with van der Waals surface area (Å²) < 4.78 is 0. The Morgan fingerprint density at radius 3 is 0.381 bits per heavy atom. The van der Waals surface area contributed by atoms with E-state index in [9.17, 15) is 0 Å². The van der Waals surface area contributed by atoms with Gasteiger partial charge in [-0.05, 0) is 0 Å². The van der Waals surface area contributed by atoms with Crippen LogP contribution in [0.2, 0.25) is 0 Å². The first-order valence-corrected chi connectivity index (χ1v) is 2.87. The molecule has 2 N–H and O–H groups in total. The van der Waals surface area contributed by atoms with Crippen LogP contribution in [0.25, 0.3) is 0 Å². The summed E-state index contributed by atoms with van der Waals surface area (Å²) in [6, 6.07) is 0. The maximum Gasteiger partial charge on any atom is 2.00 e. The van der Waals surface area contributed by atoms with Gasteiger partial charge >= 0.3 is 196 Å². The summed E-state index contributed by atoms with van der Waals surface area (Å²) in [4.78, 5) is 0. The van der Waals surface area contributed by atoms with Gasteiger partial charge in [0.2, 0.25) is 0 Å². The molecule has 0 aliphatic heterocycles. The average Bonchev–Trinajstić information content (AvgIpc) is 1.76. The van der Waals surface area contributed by atoms with Gasteiger partial charge in [0.15, 0.2) is 0 Å². The summed E-state index contributed by atoms with van der Waals surface area (Å²) in [5, 5.41) is 98.5. The van der Waals surface area contributed by atoms with Crippen LogP contribution in [-0.2, 0) is 0 Å². The van der Waals surface area contributed by atoms with Gasteiger partial charge in [0.05, 0.1) is 0 Å². The minimum Gasteiger partial charge on any atom is -0.907 e. The predicted molar refractivity (Wildman–Crippen MR) is 56.2 cm³/mol. The van der Waals surface area contributed by atoms with Gasteiger partial charge in [0, 0.05) is 0 Å². The topological polar surface area (TPSA) is 271 Å². The van der Waals surface area contributed by atoms with Crippen molar-refractivity contribution in [2.45, 2.75) is 0 Å². The zero-order chi connectivity index (χ0) is 14.3. The molecule has 0 heterocycles. The Bertz CT molecular complexity index is 72.6. The molecule has 12 nitrogen and oxygen atoms in total.